The molecule has 0 aromatic heterocycles. The Labute approximate surface area is 190 Å². The van der Waals surface area contributed by atoms with Crippen molar-refractivity contribution >= 4 is 25.3 Å². The zero-order valence-corrected chi connectivity index (χ0v) is 19.1. The monoisotopic (exact) mass is 426 g/mol. The molecule has 0 N–H and O–H groups in total. The molecule has 0 nitrogen and oxygen atoms in total. The zero-order chi connectivity index (χ0) is 21.2. The van der Waals surface area contributed by atoms with E-state index in [2.05, 4.69) is 148 Å². The van der Waals surface area contributed by atoms with E-state index in [0.29, 0.717) is 0 Å². The van der Waals surface area contributed by atoms with Crippen LogP contribution in [-0.4, -0.2) is 0 Å². The van der Waals surface area contributed by atoms with Crippen LogP contribution in [0.3, 0.4) is 0 Å². The fourth-order valence-electron chi connectivity index (χ4n) is 4.62. The van der Waals surface area contributed by atoms with Crippen LogP contribution in [0.4, 0.5) is 0 Å². The lowest BCUT2D eigenvalue weighted by molar-refractivity contribution is 0.360. The lowest BCUT2D eigenvalue weighted by Gasteiger charge is -2.49. The first-order valence-electron chi connectivity index (χ1n) is 10.2. The van der Waals surface area contributed by atoms with Gasteiger partial charge in [-0.2, -0.15) is 0 Å². The number of hydrogen-bond acceptors (Lipinski definition) is 2. The Balaban J connectivity index is 2.08. The Bertz CT molecular complexity index is 1010. The van der Waals surface area contributed by atoms with Gasteiger partial charge < -0.3 is 0 Å². The maximum absolute atomic E-state index is 4.53. The van der Waals surface area contributed by atoms with Gasteiger partial charge in [0.25, 0.3) is 0 Å². The van der Waals surface area contributed by atoms with E-state index in [-0.39, 0.29) is 10.8 Å². The van der Waals surface area contributed by atoms with Crippen molar-refractivity contribution in [3.8, 4) is 0 Å². The molecular formula is C28H26S2. The van der Waals surface area contributed by atoms with Crippen molar-refractivity contribution in [2.75, 3.05) is 0 Å². The van der Waals surface area contributed by atoms with Crippen LogP contribution in [0.2, 0.25) is 0 Å². The van der Waals surface area contributed by atoms with Gasteiger partial charge in [0, 0.05) is 20.6 Å². The van der Waals surface area contributed by atoms with Crippen molar-refractivity contribution in [2.24, 2.45) is 0 Å². The van der Waals surface area contributed by atoms with Crippen LogP contribution in [0, 0.1) is 0 Å². The largest absolute Gasteiger partial charge is 0.143 e. The Morgan fingerprint density at radius 2 is 0.667 bits per heavy atom. The van der Waals surface area contributed by atoms with Gasteiger partial charge in [0.05, 0.1) is 0 Å². The van der Waals surface area contributed by atoms with Crippen LogP contribution >= 0.6 is 25.3 Å². The number of thiol groups is 2. The van der Waals surface area contributed by atoms with E-state index in [9.17, 15) is 0 Å². The predicted molar refractivity (Wildman–Crippen MR) is 133 cm³/mol. The summed E-state index contributed by atoms with van der Waals surface area (Å²) in [6, 6.07) is 38.8. The highest BCUT2D eigenvalue weighted by molar-refractivity contribution is 7.80. The van der Waals surface area contributed by atoms with Gasteiger partial charge in [-0.05, 0) is 46.5 Å². The van der Waals surface area contributed by atoms with Gasteiger partial charge in [-0.1, -0.05) is 98.8 Å². The first-order chi connectivity index (χ1) is 14.5. The number of rotatable bonds is 5. The Morgan fingerprint density at radius 3 is 0.967 bits per heavy atom. The van der Waals surface area contributed by atoms with Gasteiger partial charge in [-0.25, -0.2) is 0 Å². The molecule has 0 spiro atoms. The SMILES string of the molecule is CC(c1ccccc1)(c1ccc(S)cc1)C(C)(c1ccccc1)c1ccc(S)cc1. The summed E-state index contributed by atoms with van der Waals surface area (Å²) >= 11 is 9.06. The van der Waals surface area contributed by atoms with Crippen molar-refractivity contribution in [1.29, 1.82) is 0 Å². The quantitative estimate of drug-likeness (QED) is 0.302. The van der Waals surface area contributed by atoms with E-state index in [1.807, 2.05) is 0 Å². The molecule has 0 heterocycles. The summed E-state index contributed by atoms with van der Waals surface area (Å²) in [7, 11) is 0. The lowest BCUT2D eigenvalue weighted by Crippen LogP contribution is -2.47. The molecule has 150 valence electrons. The summed E-state index contributed by atoms with van der Waals surface area (Å²) in [4.78, 5) is 1.94. The second kappa shape index (κ2) is 8.37. The molecule has 0 saturated carbocycles. The maximum Gasteiger partial charge on any atom is 0.0309 e. The van der Waals surface area contributed by atoms with Crippen LogP contribution in [0.25, 0.3) is 0 Å². The van der Waals surface area contributed by atoms with Crippen molar-refractivity contribution in [3.05, 3.63) is 131 Å². The molecule has 30 heavy (non-hydrogen) atoms. The van der Waals surface area contributed by atoms with E-state index < -0.39 is 0 Å². The molecule has 4 aromatic carbocycles. The third kappa shape index (κ3) is 3.49. The van der Waals surface area contributed by atoms with Gasteiger partial charge in [-0.3, -0.25) is 0 Å². The smallest absolute Gasteiger partial charge is 0.0309 e. The van der Waals surface area contributed by atoms with Gasteiger partial charge >= 0.3 is 0 Å². The first-order valence-corrected chi connectivity index (χ1v) is 11.1. The highest BCUT2D eigenvalue weighted by Crippen LogP contribution is 2.52. The van der Waals surface area contributed by atoms with Crippen LogP contribution < -0.4 is 0 Å². The van der Waals surface area contributed by atoms with Crippen molar-refractivity contribution < 1.29 is 0 Å². The Hall–Kier alpha value is -2.42. The van der Waals surface area contributed by atoms with E-state index >= 15 is 0 Å². The van der Waals surface area contributed by atoms with Gasteiger partial charge in [0.2, 0.25) is 0 Å². The molecule has 2 atom stereocenters. The predicted octanol–water partition coefficient (Wildman–Crippen LogP) is 7.58. The highest BCUT2D eigenvalue weighted by Gasteiger charge is 2.49. The van der Waals surface area contributed by atoms with Crippen LogP contribution in [0.1, 0.15) is 36.1 Å². The third-order valence-electron chi connectivity index (χ3n) is 6.59. The van der Waals surface area contributed by atoms with Crippen molar-refractivity contribution in [1.82, 2.24) is 0 Å². The molecule has 0 radical (unpaired) electrons. The van der Waals surface area contributed by atoms with E-state index in [0.717, 1.165) is 9.79 Å². The maximum atomic E-state index is 4.53. The second-order valence-electron chi connectivity index (χ2n) is 8.08. The third-order valence-corrected chi connectivity index (χ3v) is 7.19. The van der Waals surface area contributed by atoms with Crippen molar-refractivity contribution in [2.45, 2.75) is 34.5 Å². The van der Waals surface area contributed by atoms with Gasteiger partial charge in [0.15, 0.2) is 0 Å². The molecule has 0 amide bonds. The highest BCUT2D eigenvalue weighted by atomic mass is 32.1. The molecule has 0 saturated heterocycles. The standard InChI is InChI=1S/C28H26S2/c1-27(21-9-5-3-6-10-21,23-13-17-25(29)18-14-23)28(2,22-11-7-4-8-12-22)24-15-19-26(30)20-16-24/h3-20,29-30H,1-2H3. The molecule has 0 aliphatic heterocycles. The molecule has 4 rings (SSSR count). The Kier molecular flexibility index (Phi) is 5.81. The fraction of sp³-hybridized carbons (Fsp3) is 0.143. The van der Waals surface area contributed by atoms with E-state index in [1.54, 1.807) is 0 Å². The summed E-state index contributed by atoms with van der Waals surface area (Å²) in [6.45, 7) is 4.72. The minimum Gasteiger partial charge on any atom is -0.143 e. The summed E-state index contributed by atoms with van der Waals surface area (Å²) in [6.07, 6.45) is 0. The Morgan fingerprint density at radius 1 is 0.400 bits per heavy atom. The lowest BCUT2D eigenvalue weighted by atomic mass is 9.53. The molecule has 0 bridgehead atoms. The molecular weight excluding hydrogens is 400 g/mol. The summed E-state index contributed by atoms with van der Waals surface area (Å²) in [5.41, 5.74) is 4.42. The minimum atomic E-state index is -0.324. The average molecular weight is 427 g/mol. The van der Waals surface area contributed by atoms with Crippen LogP contribution in [0.15, 0.2) is 119 Å². The normalized spacial score (nSPS) is 15.2. The van der Waals surface area contributed by atoms with Gasteiger partial charge in [-0.15, -0.1) is 25.3 Å². The number of hydrogen-bond donors (Lipinski definition) is 2. The molecule has 0 aliphatic rings. The summed E-state index contributed by atoms with van der Waals surface area (Å²) < 4.78 is 0. The molecule has 0 fully saturated rings. The molecule has 2 unspecified atom stereocenters. The number of benzene rings is 4. The minimum absolute atomic E-state index is 0.324. The van der Waals surface area contributed by atoms with Gasteiger partial charge in [0.1, 0.15) is 0 Å². The van der Waals surface area contributed by atoms with E-state index in [1.165, 1.54) is 22.3 Å². The molecule has 4 aromatic rings. The first kappa shape index (κ1) is 20.8. The van der Waals surface area contributed by atoms with Crippen LogP contribution in [-0.2, 0) is 10.8 Å². The van der Waals surface area contributed by atoms with Crippen molar-refractivity contribution in [3.63, 3.8) is 0 Å². The zero-order valence-electron chi connectivity index (χ0n) is 17.3. The molecule has 2 heteroatoms. The average Bonchev–Trinajstić information content (AvgIpc) is 2.80. The fourth-order valence-corrected chi connectivity index (χ4v) is 4.92. The summed E-state index contributed by atoms with van der Waals surface area (Å²) in [5.74, 6) is 0. The molecule has 0 aliphatic carbocycles. The van der Waals surface area contributed by atoms with E-state index in [4.69, 9.17) is 0 Å². The second-order valence-corrected chi connectivity index (χ2v) is 9.11. The van der Waals surface area contributed by atoms with Crippen LogP contribution in [0.5, 0.6) is 0 Å². The summed E-state index contributed by atoms with van der Waals surface area (Å²) in [5, 5.41) is 0. The topological polar surface area (TPSA) is 0 Å².